The Morgan fingerprint density at radius 2 is 2.10 bits per heavy atom. The van der Waals surface area contributed by atoms with E-state index in [0.29, 0.717) is 10.6 Å². The van der Waals surface area contributed by atoms with E-state index in [1.54, 1.807) is 28.4 Å². The number of amides is 1. The summed E-state index contributed by atoms with van der Waals surface area (Å²) in [7, 11) is 0. The third kappa shape index (κ3) is 1.97. The van der Waals surface area contributed by atoms with Gasteiger partial charge < -0.3 is 0 Å². The number of benzene rings is 1. The average Bonchev–Trinajstić information content (AvgIpc) is 3.00. The average molecular weight is 291 g/mol. The van der Waals surface area contributed by atoms with Gasteiger partial charge in [-0.3, -0.25) is 10.0 Å². The summed E-state index contributed by atoms with van der Waals surface area (Å²) in [5, 5.41) is 13.9. The molecule has 5 nitrogen and oxygen atoms in total. The summed E-state index contributed by atoms with van der Waals surface area (Å²) in [4.78, 5) is 12.6. The number of nitrogens with one attached hydrogen (secondary N) is 1. The van der Waals surface area contributed by atoms with Crippen LogP contribution in [-0.2, 0) is 0 Å². The maximum Gasteiger partial charge on any atom is 0.284 e. The minimum absolute atomic E-state index is 0.319. The molecule has 0 spiro atoms. The van der Waals surface area contributed by atoms with E-state index in [1.807, 2.05) is 6.92 Å². The molecule has 7 heteroatoms. The molecule has 0 aliphatic heterocycles. The van der Waals surface area contributed by atoms with Gasteiger partial charge in [0.15, 0.2) is 0 Å². The third-order valence-corrected chi connectivity index (χ3v) is 4.05. The first-order valence-corrected chi connectivity index (χ1v) is 6.61. The van der Waals surface area contributed by atoms with E-state index < -0.39 is 5.91 Å². The molecule has 0 aliphatic carbocycles. The Hall–Kier alpha value is -2.25. The Kier molecular flexibility index (Phi) is 3.00. The van der Waals surface area contributed by atoms with Gasteiger partial charge in [-0.1, -0.05) is 0 Å². The molecule has 2 aromatic heterocycles. The van der Waals surface area contributed by atoms with E-state index in [1.165, 1.54) is 23.5 Å². The van der Waals surface area contributed by atoms with Crippen molar-refractivity contribution in [3.8, 4) is 5.69 Å². The predicted octanol–water partition coefficient (Wildman–Crippen LogP) is 2.65. The fourth-order valence-corrected chi connectivity index (χ4v) is 3.04. The maximum absolute atomic E-state index is 13.0. The number of fused-ring (bicyclic) bond motifs is 1. The van der Waals surface area contributed by atoms with Crippen LogP contribution < -0.4 is 5.48 Å². The first kappa shape index (κ1) is 12.8. The van der Waals surface area contributed by atoms with Crippen LogP contribution in [0.15, 0.2) is 30.3 Å². The van der Waals surface area contributed by atoms with Crippen LogP contribution in [0.25, 0.3) is 15.9 Å². The number of aryl methyl sites for hydroxylation is 1. The highest BCUT2D eigenvalue weighted by Crippen LogP contribution is 2.30. The van der Waals surface area contributed by atoms with Gasteiger partial charge in [0.25, 0.3) is 5.91 Å². The maximum atomic E-state index is 13.0. The predicted molar refractivity (Wildman–Crippen MR) is 72.9 cm³/mol. The Morgan fingerprint density at radius 3 is 2.75 bits per heavy atom. The fourth-order valence-electron chi connectivity index (χ4n) is 1.97. The lowest BCUT2D eigenvalue weighted by atomic mass is 10.3. The molecule has 0 unspecified atom stereocenters. The van der Waals surface area contributed by atoms with E-state index >= 15 is 0 Å². The second-order valence-corrected chi connectivity index (χ2v) is 5.27. The highest BCUT2D eigenvalue weighted by Gasteiger charge is 2.16. The van der Waals surface area contributed by atoms with E-state index in [4.69, 9.17) is 5.21 Å². The zero-order valence-electron chi connectivity index (χ0n) is 10.4. The van der Waals surface area contributed by atoms with Crippen molar-refractivity contribution in [1.82, 2.24) is 15.3 Å². The summed E-state index contributed by atoms with van der Waals surface area (Å²) in [6.45, 7) is 1.83. The minimum atomic E-state index is -0.559. The molecule has 0 aliphatic rings. The molecule has 1 amide bonds. The molecule has 102 valence electrons. The zero-order valence-corrected chi connectivity index (χ0v) is 11.2. The SMILES string of the molecule is Cc1nn(-c2ccc(F)cc2)c2sc(C(=O)NO)cc12. The number of rotatable bonds is 2. The van der Waals surface area contributed by atoms with Gasteiger partial charge in [0.1, 0.15) is 10.6 Å². The van der Waals surface area contributed by atoms with Crippen LogP contribution in [0.1, 0.15) is 15.4 Å². The summed E-state index contributed by atoms with van der Waals surface area (Å²) in [6.07, 6.45) is 0. The van der Waals surface area contributed by atoms with Crippen molar-refractivity contribution in [3.63, 3.8) is 0 Å². The molecule has 3 aromatic rings. The summed E-state index contributed by atoms with van der Waals surface area (Å²) in [5.41, 5.74) is 3.08. The van der Waals surface area contributed by atoms with Crippen LogP contribution in [0.3, 0.4) is 0 Å². The van der Waals surface area contributed by atoms with Gasteiger partial charge in [0, 0.05) is 5.39 Å². The number of carbonyl (C=O) groups excluding carboxylic acids is 1. The number of halogens is 1. The Labute approximate surface area is 117 Å². The van der Waals surface area contributed by atoms with Gasteiger partial charge in [-0.25, -0.2) is 14.6 Å². The van der Waals surface area contributed by atoms with Gasteiger partial charge in [0.05, 0.1) is 16.3 Å². The molecule has 3 rings (SSSR count). The van der Waals surface area contributed by atoms with Crippen LogP contribution in [0.2, 0.25) is 0 Å². The van der Waals surface area contributed by atoms with E-state index in [2.05, 4.69) is 5.10 Å². The smallest absolute Gasteiger partial charge is 0.284 e. The first-order chi connectivity index (χ1) is 9.60. The van der Waals surface area contributed by atoms with Crippen LogP contribution in [0.4, 0.5) is 4.39 Å². The quantitative estimate of drug-likeness (QED) is 0.563. The van der Waals surface area contributed by atoms with Gasteiger partial charge >= 0.3 is 0 Å². The molecule has 0 fully saturated rings. The zero-order chi connectivity index (χ0) is 14.3. The molecule has 20 heavy (non-hydrogen) atoms. The molecule has 0 bridgehead atoms. The summed E-state index contributed by atoms with van der Waals surface area (Å²) in [6, 6.07) is 7.62. The summed E-state index contributed by atoms with van der Waals surface area (Å²) < 4.78 is 14.6. The molecule has 2 heterocycles. The lowest BCUT2D eigenvalue weighted by molar-refractivity contribution is 0.0711. The Balaban J connectivity index is 2.18. The van der Waals surface area contributed by atoms with Crippen molar-refractivity contribution in [1.29, 1.82) is 0 Å². The normalized spacial score (nSPS) is 10.9. The highest BCUT2D eigenvalue weighted by molar-refractivity contribution is 7.20. The molecular formula is C13H10FN3O2S. The number of hydroxylamine groups is 1. The van der Waals surface area contributed by atoms with Gasteiger partial charge in [-0.2, -0.15) is 5.10 Å². The van der Waals surface area contributed by atoms with E-state index in [9.17, 15) is 9.18 Å². The van der Waals surface area contributed by atoms with Crippen molar-refractivity contribution in [2.24, 2.45) is 0 Å². The lowest BCUT2D eigenvalue weighted by Gasteiger charge is -2.01. The van der Waals surface area contributed by atoms with E-state index in [-0.39, 0.29) is 5.82 Å². The minimum Gasteiger partial charge on any atom is -0.288 e. The summed E-state index contributed by atoms with van der Waals surface area (Å²) >= 11 is 1.21. The Bertz CT molecular complexity index is 792. The standard InChI is InChI=1S/C13H10FN3O2S/c1-7-10-6-11(12(18)16-19)20-13(10)17(15-7)9-4-2-8(14)3-5-9/h2-6,19H,1H3,(H,16,18). The molecule has 2 N–H and O–H groups in total. The second kappa shape index (κ2) is 4.69. The number of aromatic nitrogens is 2. The van der Waals surface area contributed by atoms with Crippen molar-refractivity contribution in [2.45, 2.75) is 6.92 Å². The lowest BCUT2D eigenvalue weighted by Crippen LogP contribution is -2.16. The molecule has 1 aromatic carbocycles. The molecule has 0 saturated heterocycles. The molecule has 0 saturated carbocycles. The van der Waals surface area contributed by atoms with Crippen molar-refractivity contribution >= 4 is 27.5 Å². The fraction of sp³-hybridized carbons (Fsp3) is 0.0769. The number of hydrogen-bond donors (Lipinski definition) is 2. The molecule has 0 atom stereocenters. The third-order valence-electron chi connectivity index (χ3n) is 2.94. The largest absolute Gasteiger partial charge is 0.288 e. The number of carbonyl (C=O) groups is 1. The van der Waals surface area contributed by atoms with Crippen LogP contribution >= 0.6 is 11.3 Å². The van der Waals surface area contributed by atoms with Crippen molar-refractivity contribution in [2.75, 3.05) is 0 Å². The number of nitrogens with zero attached hydrogens (tertiary/aromatic N) is 2. The van der Waals surface area contributed by atoms with Crippen molar-refractivity contribution < 1.29 is 14.4 Å². The number of thiophene rings is 1. The van der Waals surface area contributed by atoms with Gasteiger partial charge in [0.2, 0.25) is 0 Å². The van der Waals surface area contributed by atoms with Crippen LogP contribution in [-0.4, -0.2) is 20.9 Å². The Morgan fingerprint density at radius 1 is 1.40 bits per heavy atom. The van der Waals surface area contributed by atoms with Gasteiger partial charge in [-0.05, 0) is 37.3 Å². The highest BCUT2D eigenvalue weighted by atomic mass is 32.1. The monoisotopic (exact) mass is 291 g/mol. The second-order valence-electron chi connectivity index (χ2n) is 4.24. The van der Waals surface area contributed by atoms with E-state index in [0.717, 1.165) is 15.9 Å². The summed E-state index contributed by atoms with van der Waals surface area (Å²) in [5.74, 6) is -0.878. The molecule has 0 radical (unpaired) electrons. The van der Waals surface area contributed by atoms with Gasteiger partial charge in [-0.15, -0.1) is 11.3 Å². The number of hydrogen-bond acceptors (Lipinski definition) is 4. The molecular weight excluding hydrogens is 281 g/mol. The van der Waals surface area contributed by atoms with Crippen LogP contribution in [0.5, 0.6) is 0 Å². The first-order valence-electron chi connectivity index (χ1n) is 5.79. The van der Waals surface area contributed by atoms with Crippen LogP contribution in [0, 0.1) is 12.7 Å². The van der Waals surface area contributed by atoms with Crippen molar-refractivity contribution in [3.05, 3.63) is 46.7 Å². The topological polar surface area (TPSA) is 67.2 Å².